The second-order valence-electron chi connectivity index (χ2n) is 3.89. The summed E-state index contributed by atoms with van der Waals surface area (Å²) >= 11 is 11.3. The smallest absolute Gasteiger partial charge is 0.257 e. The van der Waals surface area contributed by atoms with Crippen molar-refractivity contribution < 1.29 is 9.18 Å². The molecule has 0 aliphatic heterocycles. The van der Waals surface area contributed by atoms with E-state index in [2.05, 4.69) is 15.6 Å². The van der Waals surface area contributed by atoms with E-state index in [0.717, 1.165) is 0 Å². The van der Waals surface area contributed by atoms with Crippen LogP contribution in [0.4, 0.5) is 15.9 Å². The van der Waals surface area contributed by atoms with Gasteiger partial charge in [0.2, 0.25) is 0 Å². The van der Waals surface area contributed by atoms with E-state index in [1.54, 1.807) is 19.2 Å². The molecule has 104 valence electrons. The van der Waals surface area contributed by atoms with Crippen LogP contribution in [0.3, 0.4) is 0 Å². The largest absolute Gasteiger partial charge is 0.373 e. The number of carbonyl (C=O) groups excluding carboxylic acids is 1. The van der Waals surface area contributed by atoms with Crippen molar-refractivity contribution in [3.63, 3.8) is 0 Å². The molecule has 7 heteroatoms. The molecule has 0 spiro atoms. The normalized spacial score (nSPS) is 10.2. The molecule has 0 unspecified atom stereocenters. The zero-order valence-electron chi connectivity index (χ0n) is 10.4. The number of nitrogens with zero attached hydrogens (tertiary/aromatic N) is 1. The maximum Gasteiger partial charge on any atom is 0.257 e. The number of carbonyl (C=O) groups is 1. The Labute approximate surface area is 124 Å². The minimum atomic E-state index is -0.716. The summed E-state index contributed by atoms with van der Waals surface area (Å²) in [4.78, 5) is 16.0. The molecule has 1 amide bonds. The van der Waals surface area contributed by atoms with Crippen molar-refractivity contribution in [2.45, 2.75) is 0 Å². The molecule has 0 aliphatic carbocycles. The molecule has 20 heavy (non-hydrogen) atoms. The van der Waals surface area contributed by atoms with Gasteiger partial charge in [-0.05, 0) is 24.3 Å². The van der Waals surface area contributed by atoms with Gasteiger partial charge in [0.05, 0.1) is 15.6 Å². The van der Waals surface area contributed by atoms with Crippen LogP contribution in [0, 0.1) is 5.82 Å². The number of anilines is 2. The Kier molecular flexibility index (Phi) is 4.42. The number of aromatic nitrogens is 1. The molecule has 4 nitrogen and oxygen atoms in total. The lowest BCUT2D eigenvalue weighted by Crippen LogP contribution is -2.12. The summed E-state index contributed by atoms with van der Waals surface area (Å²) in [7, 11) is 1.73. The van der Waals surface area contributed by atoms with Crippen molar-refractivity contribution in [1.29, 1.82) is 0 Å². The van der Waals surface area contributed by atoms with Gasteiger partial charge >= 0.3 is 0 Å². The van der Waals surface area contributed by atoms with Gasteiger partial charge in [0.15, 0.2) is 5.82 Å². The maximum absolute atomic E-state index is 13.3. The van der Waals surface area contributed by atoms with E-state index in [4.69, 9.17) is 23.2 Å². The first kappa shape index (κ1) is 14.6. The SMILES string of the molecule is CNc1ccc(C(=O)Nc2cc(Cl)c(F)c(Cl)c2)cn1. The minimum absolute atomic E-state index is 0.156. The number of rotatable bonds is 3. The Hall–Kier alpha value is -1.85. The Balaban J connectivity index is 2.18. The van der Waals surface area contributed by atoms with Crippen LogP contribution < -0.4 is 10.6 Å². The number of halogens is 3. The van der Waals surface area contributed by atoms with Crippen molar-refractivity contribution in [2.24, 2.45) is 0 Å². The molecular weight excluding hydrogens is 304 g/mol. The standard InChI is InChI=1S/C13H10Cl2FN3O/c1-17-11-3-2-7(6-18-11)13(20)19-8-4-9(14)12(16)10(15)5-8/h2-6H,1H3,(H,17,18)(H,19,20). The number of hydrogen-bond donors (Lipinski definition) is 2. The van der Waals surface area contributed by atoms with Crippen molar-refractivity contribution in [1.82, 2.24) is 4.98 Å². The molecular formula is C13H10Cl2FN3O. The van der Waals surface area contributed by atoms with E-state index in [0.29, 0.717) is 17.1 Å². The molecule has 2 aromatic rings. The second kappa shape index (κ2) is 6.07. The summed E-state index contributed by atoms with van der Waals surface area (Å²) in [6.45, 7) is 0. The van der Waals surface area contributed by atoms with Crippen molar-refractivity contribution >= 4 is 40.6 Å². The van der Waals surface area contributed by atoms with Gasteiger partial charge in [-0.25, -0.2) is 9.37 Å². The summed E-state index contributed by atoms with van der Waals surface area (Å²) in [6, 6.07) is 5.85. The Bertz CT molecular complexity index is 624. The van der Waals surface area contributed by atoms with Crippen LogP contribution >= 0.6 is 23.2 Å². The summed E-state index contributed by atoms with van der Waals surface area (Å²) in [6.07, 6.45) is 1.42. The van der Waals surface area contributed by atoms with E-state index >= 15 is 0 Å². The van der Waals surface area contributed by atoms with Crippen LogP contribution in [0.2, 0.25) is 10.0 Å². The van der Waals surface area contributed by atoms with Crippen molar-refractivity contribution in [3.8, 4) is 0 Å². The van der Waals surface area contributed by atoms with E-state index in [-0.39, 0.29) is 16.0 Å². The number of amides is 1. The van der Waals surface area contributed by atoms with Crippen LogP contribution in [0.5, 0.6) is 0 Å². The van der Waals surface area contributed by atoms with Crippen LogP contribution in [-0.2, 0) is 0 Å². The minimum Gasteiger partial charge on any atom is -0.373 e. The molecule has 2 N–H and O–H groups in total. The highest BCUT2D eigenvalue weighted by atomic mass is 35.5. The lowest BCUT2D eigenvalue weighted by atomic mass is 10.2. The first-order chi connectivity index (χ1) is 9.51. The van der Waals surface area contributed by atoms with Crippen LogP contribution in [0.15, 0.2) is 30.5 Å². The summed E-state index contributed by atoms with van der Waals surface area (Å²) in [5, 5.41) is 5.10. The zero-order valence-corrected chi connectivity index (χ0v) is 11.9. The summed E-state index contributed by atoms with van der Waals surface area (Å²) in [5.74, 6) is -0.459. The molecule has 2 rings (SSSR count). The molecule has 0 saturated heterocycles. The molecule has 0 saturated carbocycles. The molecule has 1 aromatic carbocycles. The van der Waals surface area contributed by atoms with Gasteiger partial charge in [-0.2, -0.15) is 0 Å². The molecule has 0 fully saturated rings. The van der Waals surface area contributed by atoms with Crippen LogP contribution in [-0.4, -0.2) is 17.9 Å². The maximum atomic E-state index is 13.3. The van der Waals surface area contributed by atoms with E-state index < -0.39 is 5.82 Å². The highest BCUT2D eigenvalue weighted by Crippen LogP contribution is 2.27. The predicted octanol–water partition coefficient (Wildman–Crippen LogP) is 3.82. The van der Waals surface area contributed by atoms with Gasteiger partial charge < -0.3 is 10.6 Å². The number of nitrogens with one attached hydrogen (secondary N) is 2. The molecule has 0 bridgehead atoms. The van der Waals surface area contributed by atoms with Gasteiger partial charge in [-0.15, -0.1) is 0 Å². The Morgan fingerprint density at radius 2 is 1.90 bits per heavy atom. The summed E-state index contributed by atoms with van der Waals surface area (Å²) in [5.41, 5.74) is 0.671. The molecule has 0 aliphatic rings. The highest BCUT2D eigenvalue weighted by Gasteiger charge is 2.11. The topological polar surface area (TPSA) is 54.0 Å². The molecule has 0 radical (unpaired) electrons. The van der Waals surface area contributed by atoms with Gasteiger partial charge in [-0.3, -0.25) is 4.79 Å². The highest BCUT2D eigenvalue weighted by molar-refractivity contribution is 6.35. The van der Waals surface area contributed by atoms with Gasteiger partial charge in [0, 0.05) is 18.9 Å². The van der Waals surface area contributed by atoms with E-state index in [1.807, 2.05) is 0 Å². The average molecular weight is 314 g/mol. The third-order valence-corrected chi connectivity index (χ3v) is 3.07. The average Bonchev–Trinajstić information content (AvgIpc) is 2.44. The molecule has 1 heterocycles. The first-order valence-corrected chi connectivity index (χ1v) is 6.36. The fourth-order valence-electron chi connectivity index (χ4n) is 1.51. The molecule has 1 aromatic heterocycles. The number of pyridine rings is 1. The number of benzene rings is 1. The van der Waals surface area contributed by atoms with E-state index in [9.17, 15) is 9.18 Å². The molecule has 0 atom stereocenters. The van der Waals surface area contributed by atoms with E-state index in [1.165, 1.54) is 18.3 Å². The summed E-state index contributed by atoms with van der Waals surface area (Å²) < 4.78 is 13.3. The van der Waals surface area contributed by atoms with Gasteiger partial charge in [0.25, 0.3) is 5.91 Å². The first-order valence-electron chi connectivity index (χ1n) is 5.61. The third kappa shape index (κ3) is 3.18. The third-order valence-electron chi connectivity index (χ3n) is 2.52. The monoisotopic (exact) mass is 313 g/mol. The van der Waals surface area contributed by atoms with Crippen LogP contribution in [0.1, 0.15) is 10.4 Å². The lowest BCUT2D eigenvalue weighted by Gasteiger charge is -2.07. The fourth-order valence-corrected chi connectivity index (χ4v) is 1.99. The fraction of sp³-hybridized carbons (Fsp3) is 0.0769. The Morgan fingerprint density at radius 3 is 2.40 bits per heavy atom. The lowest BCUT2D eigenvalue weighted by molar-refractivity contribution is 0.102. The van der Waals surface area contributed by atoms with Crippen molar-refractivity contribution in [3.05, 3.63) is 51.9 Å². The predicted molar refractivity (Wildman–Crippen MR) is 78.2 cm³/mol. The van der Waals surface area contributed by atoms with Gasteiger partial charge in [-0.1, -0.05) is 23.2 Å². The second-order valence-corrected chi connectivity index (χ2v) is 4.70. The quantitative estimate of drug-likeness (QED) is 0.847. The van der Waals surface area contributed by atoms with Crippen LogP contribution in [0.25, 0.3) is 0 Å². The Morgan fingerprint density at radius 1 is 1.25 bits per heavy atom. The van der Waals surface area contributed by atoms with Gasteiger partial charge in [0.1, 0.15) is 5.82 Å². The van der Waals surface area contributed by atoms with Crippen molar-refractivity contribution in [2.75, 3.05) is 17.7 Å². The number of hydrogen-bond acceptors (Lipinski definition) is 3. The zero-order chi connectivity index (χ0) is 14.7.